The second kappa shape index (κ2) is 12.2. The van der Waals surface area contributed by atoms with Crippen molar-refractivity contribution >= 4 is 41.2 Å². The van der Waals surface area contributed by atoms with Gasteiger partial charge in [-0.2, -0.15) is 5.10 Å². The van der Waals surface area contributed by atoms with Crippen molar-refractivity contribution in [2.45, 2.75) is 55.4 Å². The molecule has 0 aliphatic carbocycles. The topological polar surface area (TPSA) is 167 Å². The van der Waals surface area contributed by atoms with Crippen LogP contribution in [-0.4, -0.2) is 96.8 Å². The number of thioether (sulfide) groups is 1. The quantitative estimate of drug-likeness (QED) is 0.347. The Morgan fingerprint density at radius 1 is 1.18 bits per heavy atom. The van der Waals surface area contributed by atoms with E-state index in [2.05, 4.69) is 20.7 Å². The van der Waals surface area contributed by atoms with Crippen molar-refractivity contribution in [2.75, 3.05) is 19.3 Å². The smallest absolute Gasteiger partial charge is 0.305 e. The summed E-state index contributed by atoms with van der Waals surface area (Å²) in [5.74, 6) is -3.29. The number of rotatable bonds is 10. The number of nitrogens with zero attached hydrogens (tertiary/aromatic N) is 5. The van der Waals surface area contributed by atoms with Crippen LogP contribution < -0.4 is 10.6 Å². The number of hydrogen-bond acceptors (Lipinski definition) is 9. The summed E-state index contributed by atoms with van der Waals surface area (Å²) in [5.41, 5.74) is 0.744. The second-order valence-electron chi connectivity index (χ2n) is 8.94. The van der Waals surface area contributed by atoms with Crippen LogP contribution in [-0.2, 0) is 24.0 Å². The molecule has 1 aromatic heterocycles. The molecular formula is C24H29N7O6S. The summed E-state index contributed by atoms with van der Waals surface area (Å²) >= 11 is 1.07. The molecule has 13 nitrogen and oxygen atoms in total. The monoisotopic (exact) mass is 543 g/mol. The lowest BCUT2D eigenvalue weighted by molar-refractivity contribution is -0.176. The van der Waals surface area contributed by atoms with Gasteiger partial charge in [0.1, 0.15) is 12.4 Å². The van der Waals surface area contributed by atoms with E-state index in [1.807, 2.05) is 30.3 Å². The Labute approximate surface area is 222 Å². The van der Waals surface area contributed by atoms with Crippen molar-refractivity contribution < 1.29 is 29.1 Å². The number of carbonyl (C=O) groups excluding carboxylic acids is 4. The van der Waals surface area contributed by atoms with E-state index in [4.69, 9.17) is 0 Å². The molecule has 2 aliphatic rings. The summed E-state index contributed by atoms with van der Waals surface area (Å²) in [6, 6.07) is 6.19. The van der Waals surface area contributed by atoms with Crippen molar-refractivity contribution in [2.24, 2.45) is 0 Å². The lowest BCUT2D eigenvalue weighted by Crippen LogP contribution is -2.64. The molecule has 2 saturated heterocycles. The van der Waals surface area contributed by atoms with Gasteiger partial charge >= 0.3 is 5.97 Å². The molecule has 2 fully saturated rings. The molecule has 2 aliphatic heterocycles. The van der Waals surface area contributed by atoms with Crippen molar-refractivity contribution in [1.82, 2.24) is 35.4 Å². The number of carboxylic acid groups (broad SMARTS) is 1. The maximum Gasteiger partial charge on any atom is 0.305 e. The molecular weight excluding hydrogens is 514 g/mol. The van der Waals surface area contributed by atoms with Gasteiger partial charge in [-0.25, -0.2) is 14.7 Å². The van der Waals surface area contributed by atoms with Gasteiger partial charge in [-0.05, 0) is 38.4 Å². The molecule has 1 aromatic carbocycles. The van der Waals surface area contributed by atoms with Crippen molar-refractivity contribution in [1.29, 1.82) is 0 Å². The highest BCUT2D eigenvalue weighted by Crippen LogP contribution is 2.25. The lowest BCUT2D eigenvalue weighted by Gasteiger charge is -2.43. The summed E-state index contributed by atoms with van der Waals surface area (Å²) in [7, 11) is 1.61. The van der Waals surface area contributed by atoms with Crippen LogP contribution in [0.25, 0.3) is 5.69 Å². The zero-order valence-corrected chi connectivity index (χ0v) is 21.6. The number of carboxylic acids is 1. The Balaban J connectivity index is 1.47. The molecule has 3 heterocycles. The number of fused-ring (bicyclic) bond motifs is 1. The average Bonchev–Trinajstić information content (AvgIpc) is 3.35. The third kappa shape index (κ3) is 6.02. The van der Waals surface area contributed by atoms with E-state index in [0.717, 1.165) is 17.4 Å². The predicted molar refractivity (Wildman–Crippen MR) is 135 cm³/mol. The third-order valence-corrected chi connectivity index (χ3v) is 7.42. The third-order valence-electron chi connectivity index (χ3n) is 6.46. The van der Waals surface area contributed by atoms with Crippen molar-refractivity contribution in [3.63, 3.8) is 0 Å². The van der Waals surface area contributed by atoms with Gasteiger partial charge in [0.2, 0.25) is 11.8 Å². The van der Waals surface area contributed by atoms with Crippen LogP contribution in [0.3, 0.4) is 0 Å². The molecule has 3 unspecified atom stereocenters. The number of ketones is 1. The first-order chi connectivity index (χ1) is 18.3. The van der Waals surface area contributed by atoms with Gasteiger partial charge in [0, 0.05) is 13.0 Å². The van der Waals surface area contributed by atoms with Gasteiger partial charge in [0.05, 0.1) is 29.9 Å². The zero-order chi connectivity index (χ0) is 27.2. The van der Waals surface area contributed by atoms with Crippen LogP contribution in [0.2, 0.25) is 0 Å². The Bertz CT molecular complexity index is 1210. The highest BCUT2D eigenvalue weighted by atomic mass is 32.2. The van der Waals surface area contributed by atoms with E-state index in [1.54, 1.807) is 11.7 Å². The Morgan fingerprint density at radius 2 is 1.95 bits per heavy atom. The maximum atomic E-state index is 13.3. The number of carbonyl (C=O) groups is 5. The first-order valence-electron chi connectivity index (χ1n) is 12.2. The molecule has 4 rings (SSSR count). The minimum atomic E-state index is -1.33. The maximum absolute atomic E-state index is 13.3. The molecule has 0 spiro atoms. The SMILES string of the molecule is CNC1CCC(=O)N2CCCC(C(=O)NC(CC(=O)O)C(=O)CSc3ncnn3-c3ccccc3)N2C1=O. The van der Waals surface area contributed by atoms with Gasteiger partial charge < -0.3 is 15.7 Å². The molecule has 3 atom stereocenters. The van der Waals surface area contributed by atoms with E-state index >= 15 is 0 Å². The standard InChI is InChI=1S/C24H29N7O6S/c1-25-16-9-10-20(33)29-11-5-8-18(31(29)23(16)37)22(36)28-17(12-21(34)35)19(32)13-38-24-26-14-27-30(24)15-6-3-2-4-7-15/h2-4,6-7,14,16-18,25H,5,8-13H2,1H3,(H,28,36)(H,34,35). The lowest BCUT2D eigenvalue weighted by atomic mass is 10.0. The molecule has 14 heteroatoms. The molecule has 38 heavy (non-hydrogen) atoms. The number of para-hydroxylation sites is 1. The molecule has 202 valence electrons. The normalized spacial score (nSPS) is 20.4. The van der Waals surface area contributed by atoms with E-state index in [9.17, 15) is 29.1 Å². The average molecular weight is 544 g/mol. The van der Waals surface area contributed by atoms with E-state index in [-0.39, 0.29) is 24.5 Å². The summed E-state index contributed by atoms with van der Waals surface area (Å²) < 4.78 is 1.56. The fourth-order valence-corrected chi connectivity index (χ4v) is 5.41. The number of amides is 3. The number of aliphatic carboxylic acids is 1. The first-order valence-corrected chi connectivity index (χ1v) is 13.2. The molecule has 3 N–H and O–H groups in total. The number of nitrogens with one attached hydrogen (secondary N) is 2. The Kier molecular flexibility index (Phi) is 8.73. The number of Topliss-reactive ketones (excluding diaryl/α,β-unsaturated/α-hetero) is 1. The zero-order valence-electron chi connectivity index (χ0n) is 20.8. The Morgan fingerprint density at radius 3 is 2.66 bits per heavy atom. The molecule has 0 saturated carbocycles. The van der Waals surface area contributed by atoms with Gasteiger partial charge in [-0.1, -0.05) is 30.0 Å². The van der Waals surface area contributed by atoms with Crippen LogP contribution in [0, 0.1) is 0 Å². The molecule has 2 aromatic rings. The molecule has 0 radical (unpaired) electrons. The summed E-state index contributed by atoms with van der Waals surface area (Å²) in [6.07, 6.45) is 1.95. The fraction of sp³-hybridized carbons (Fsp3) is 0.458. The van der Waals surface area contributed by atoms with Crippen molar-refractivity contribution in [3.05, 3.63) is 36.7 Å². The summed E-state index contributed by atoms with van der Waals surface area (Å²) in [6.45, 7) is 0.307. The molecule has 0 bridgehead atoms. The van der Waals surface area contributed by atoms with Crippen LogP contribution in [0.1, 0.15) is 32.1 Å². The van der Waals surface area contributed by atoms with Gasteiger partial charge in [-0.15, -0.1) is 0 Å². The molecule has 3 amide bonds. The summed E-state index contributed by atoms with van der Waals surface area (Å²) in [5, 5.41) is 21.9. The van der Waals surface area contributed by atoms with Gasteiger partial charge in [0.15, 0.2) is 10.9 Å². The van der Waals surface area contributed by atoms with E-state index < -0.39 is 48.1 Å². The van der Waals surface area contributed by atoms with E-state index in [0.29, 0.717) is 24.5 Å². The van der Waals surface area contributed by atoms with Crippen LogP contribution in [0.4, 0.5) is 0 Å². The largest absolute Gasteiger partial charge is 0.481 e. The van der Waals surface area contributed by atoms with Crippen LogP contribution in [0.15, 0.2) is 41.8 Å². The van der Waals surface area contributed by atoms with Crippen LogP contribution >= 0.6 is 11.8 Å². The summed E-state index contributed by atoms with van der Waals surface area (Å²) in [4.78, 5) is 67.9. The first kappa shape index (κ1) is 27.3. The highest BCUT2D eigenvalue weighted by molar-refractivity contribution is 7.99. The number of hydrogen-bond donors (Lipinski definition) is 3. The number of likely N-dealkylation sites (N-methyl/N-ethyl adjacent to an activating group) is 1. The minimum absolute atomic E-state index is 0.160. The van der Waals surface area contributed by atoms with Gasteiger partial charge in [0.25, 0.3) is 5.91 Å². The minimum Gasteiger partial charge on any atom is -0.481 e. The number of aromatic nitrogens is 3. The number of hydrazine groups is 1. The predicted octanol–water partition coefficient (Wildman–Crippen LogP) is 0.00440. The Hall–Kier alpha value is -3.78. The van der Waals surface area contributed by atoms with Crippen molar-refractivity contribution in [3.8, 4) is 5.69 Å². The fourth-order valence-electron chi connectivity index (χ4n) is 4.54. The van der Waals surface area contributed by atoms with Crippen LogP contribution in [0.5, 0.6) is 0 Å². The number of benzene rings is 1. The second-order valence-corrected chi connectivity index (χ2v) is 9.88. The highest BCUT2D eigenvalue weighted by Gasteiger charge is 2.44. The van der Waals surface area contributed by atoms with Gasteiger partial charge in [-0.3, -0.25) is 29.0 Å². The van der Waals surface area contributed by atoms with E-state index in [1.165, 1.54) is 16.3 Å².